The number of benzene rings is 2. The molecule has 6 nitrogen and oxygen atoms in total. The van der Waals surface area contributed by atoms with Crippen LogP contribution in [0.1, 0.15) is 15.9 Å². The van der Waals surface area contributed by atoms with Gasteiger partial charge in [0, 0.05) is 11.1 Å². The SMILES string of the molecule is COc1cc2c(c(OC)c1OC)-c1ccccc1C(=O)[C@H]1COC(=O)[C@@H]1C2. The highest BCUT2D eigenvalue weighted by Crippen LogP contribution is 2.50. The second kappa shape index (κ2) is 6.61. The molecule has 1 heterocycles. The number of rotatable bonds is 3. The first-order chi connectivity index (χ1) is 13.1. The number of carbonyl (C=O) groups is 2. The third-order valence-corrected chi connectivity index (χ3v) is 5.34. The van der Waals surface area contributed by atoms with E-state index in [2.05, 4.69) is 0 Å². The Morgan fingerprint density at radius 1 is 0.926 bits per heavy atom. The normalized spacial score (nSPS) is 20.6. The minimum atomic E-state index is -0.521. The van der Waals surface area contributed by atoms with E-state index in [0.29, 0.717) is 29.2 Å². The summed E-state index contributed by atoms with van der Waals surface area (Å²) in [6.07, 6.45) is 0.371. The topological polar surface area (TPSA) is 71.1 Å². The summed E-state index contributed by atoms with van der Waals surface area (Å²) in [5.41, 5.74) is 2.92. The third kappa shape index (κ3) is 2.55. The van der Waals surface area contributed by atoms with Crippen LogP contribution in [0.4, 0.5) is 0 Å². The van der Waals surface area contributed by atoms with Crippen molar-refractivity contribution >= 4 is 11.8 Å². The zero-order valence-electron chi connectivity index (χ0n) is 15.4. The molecule has 0 radical (unpaired) electrons. The minimum absolute atomic E-state index is 0.0797. The van der Waals surface area contributed by atoms with E-state index in [1.54, 1.807) is 20.3 Å². The Hall–Kier alpha value is -3.02. The quantitative estimate of drug-likeness (QED) is 0.776. The van der Waals surface area contributed by atoms with Crippen LogP contribution in [0.25, 0.3) is 11.1 Å². The van der Waals surface area contributed by atoms with Crippen molar-refractivity contribution in [1.29, 1.82) is 0 Å². The van der Waals surface area contributed by atoms with E-state index in [9.17, 15) is 9.59 Å². The number of hydrogen-bond donors (Lipinski definition) is 0. The molecule has 0 aromatic heterocycles. The van der Waals surface area contributed by atoms with Gasteiger partial charge in [0.05, 0.1) is 33.2 Å². The van der Waals surface area contributed by atoms with Crippen molar-refractivity contribution in [3.63, 3.8) is 0 Å². The van der Waals surface area contributed by atoms with E-state index >= 15 is 0 Å². The van der Waals surface area contributed by atoms with E-state index in [1.165, 1.54) is 7.11 Å². The van der Waals surface area contributed by atoms with Gasteiger partial charge in [0.1, 0.15) is 6.61 Å². The number of methoxy groups -OCH3 is 3. The van der Waals surface area contributed by atoms with Crippen molar-refractivity contribution < 1.29 is 28.5 Å². The lowest BCUT2D eigenvalue weighted by Crippen LogP contribution is -2.28. The van der Waals surface area contributed by atoms with E-state index in [-0.39, 0.29) is 18.4 Å². The standard InChI is InChI=1S/C21H20O6/c1-24-16-9-11-8-14-15(10-27-21(14)23)18(22)13-7-5-4-6-12(13)17(11)20(26-3)19(16)25-2/h4-7,9,14-15H,8,10H2,1-3H3/t14-,15+/m1/s1. The molecule has 27 heavy (non-hydrogen) atoms. The Balaban J connectivity index is 2.07. The molecule has 4 rings (SSSR count). The molecule has 0 amide bonds. The monoisotopic (exact) mass is 368 g/mol. The highest BCUT2D eigenvalue weighted by Gasteiger charge is 2.44. The second-order valence-corrected chi connectivity index (χ2v) is 6.64. The first-order valence-corrected chi connectivity index (χ1v) is 8.72. The number of ketones is 1. The Morgan fingerprint density at radius 2 is 1.63 bits per heavy atom. The molecular weight excluding hydrogens is 348 g/mol. The maximum Gasteiger partial charge on any atom is 0.310 e. The fraction of sp³-hybridized carbons (Fsp3) is 0.333. The van der Waals surface area contributed by atoms with Crippen LogP contribution in [0.3, 0.4) is 0 Å². The van der Waals surface area contributed by atoms with E-state index in [0.717, 1.165) is 16.7 Å². The van der Waals surface area contributed by atoms with Gasteiger partial charge in [-0.15, -0.1) is 0 Å². The molecule has 140 valence electrons. The highest BCUT2D eigenvalue weighted by atomic mass is 16.5. The fourth-order valence-electron chi connectivity index (χ4n) is 4.06. The maximum absolute atomic E-state index is 13.2. The van der Waals surface area contributed by atoms with Gasteiger partial charge in [0.25, 0.3) is 0 Å². The predicted octanol–water partition coefficient (Wildman–Crippen LogP) is 2.91. The molecule has 0 saturated carbocycles. The van der Waals surface area contributed by atoms with Gasteiger partial charge in [-0.2, -0.15) is 0 Å². The number of carbonyl (C=O) groups excluding carboxylic acids is 2. The molecule has 0 unspecified atom stereocenters. The zero-order chi connectivity index (χ0) is 19.1. The summed E-state index contributed by atoms with van der Waals surface area (Å²) in [7, 11) is 4.64. The van der Waals surface area contributed by atoms with Crippen LogP contribution in [0.15, 0.2) is 30.3 Å². The number of cyclic esters (lactones) is 1. The van der Waals surface area contributed by atoms with Crippen molar-refractivity contribution in [2.24, 2.45) is 11.8 Å². The molecule has 2 atom stereocenters. The second-order valence-electron chi connectivity index (χ2n) is 6.64. The minimum Gasteiger partial charge on any atom is -0.493 e. The molecule has 2 aromatic rings. The summed E-state index contributed by atoms with van der Waals surface area (Å²) >= 11 is 0. The smallest absolute Gasteiger partial charge is 0.310 e. The van der Waals surface area contributed by atoms with Crippen LogP contribution in [0.2, 0.25) is 0 Å². The zero-order valence-corrected chi connectivity index (χ0v) is 15.4. The Morgan fingerprint density at radius 3 is 2.30 bits per heavy atom. The lowest BCUT2D eigenvalue weighted by Gasteiger charge is -2.26. The van der Waals surface area contributed by atoms with E-state index in [4.69, 9.17) is 18.9 Å². The average molecular weight is 368 g/mol. The van der Waals surface area contributed by atoms with Crippen LogP contribution >= 0.6 is 0 Å². The third-order valence-electron chi connectivity index (χ3n) is 5.34. The van der Waals surface area contributed by atoms with Crippen molar-refractivity contribution in [2.75, 3.05) is 27.9 Å². The Kier molecular flexibility index (Phi) is 4.26. The summed E-state index contributed by atoms with van der Waals surface area (Å²) in [6, 6.07) is 9.21. The largest absolute Gasteiger partial charge is 0.493 e. The fourth-order valence-corrected chi connectivity index (χ4v) is 4.06. The van der Waals surface area contributed by atoms with E-state index in [1.807, 2.05) is 24.3 Å². The molecule has 0 N–H and O–H groups in total. The number of fused-ring (bicyclic) bond motifs is 4. The predicted molar refractivity (Wildman–Crippen MR) is 97.5 cm³/mol. The van der Waals surface area contributed by atoms with Gasteiger partial charge in [-0.25, -0.2) is 0 Å². The molecule has 0 spiro atoms. The van der Waals surface area contributed by atoms with Crippen LogP contribution in [-0.4, -0.2) is 39.7 Å². The van der Waals surface area contributed by atoms with Gasteiger partial charge in [-0.3, -0.25) is 9.59 Å². The van der Waals surface area contributed by atoms with Crippen molar-refractivity contribution in [2.45, 2.75) is 6.42 Å². The van der Waals surface area contributed by atoms with Gasteiger partial charge in [-0.05, 0) is 23.6 Å². The van der Waals surface area contributed by atoms with Crippen LogP contribution in [0, 0.1) is 11.8 Å². The molecule has 2 aliphatic rings. The molecule has 1 fully saturated rings. The van der Waals surface area contributed by atoms with Crippen molar-refractivity contribution in [3.8, 4) is 28.4 Å². The number of Topliss-reactive ketones (excluding diaryl/α,β-unsaturated/α-hetero) is 1. The summed E-state index contributed by atoms with van der Waals surface area (Å²) in [4.78, 5) is 25.5. The molecule has 1 aliphatic carbocycles. The summed E-state index contributed by atoms with van der Waals surface area (Å²) in [5.74, 6) is 0.0270. The van der Waals surface area contributed by atoms with Gasteiger partial charge in [-0.1, -0.05) is 24.3 Å². The molecule has 2 aromatic carbocycles. The average Bonchev–Trinajstić information content (AvgIpc) is 3.05. The summed E-state index contributed by atoms with van der Waals surface area (Å²) in [5, 5.41) is 0. The molecule has 0 bridgehead atoms. The van der Waals surface area contributed by atoms with Gasteiger partial charge < -0.3 is 18.9 Å². The van der Waals surface area contributed by atoms with Crippen LogP contribution in [0.5, 0.6) is 17.2 Å². The van der Waals surface area contributed by atoms with Crippen LogP contribution < -0.4 is 14.2 Å². The van der Waals surface area contributed by atoms with Gasteiger partial charge in [0.2, 0.25) is 5.75 Å². The molecule has 1 aliphatic heterocycles. The highest BCUT2D eigenvalue weighted by molar-refractivity contribution is 6.07. The lowest BCUT2D eigenvalue weighted by atomic mass is 9.77. The number of esters is 1. The van der Waals surface area contributed by atoms with E-state index < -0.39 is 11.8 Å². The number of hydrogen-bond acceptors (Lipinski definition) is 6. The molecule has 1 saturated heterocycles. The molecular formula is C21H20O6. The number of ether oxygens (including phenoxy) is 4. The summed E-state index contributed by atoms with van der Waals surface area (Å²) in [6.45, 7) is 0.121. The van der Waals surface area contributed by atoms with Crippen molar-refractivity contribution in [1.82, 2.24) is 0 Å². The first-order valence-electron chi connectivity index (χ1n) is 8.72. The Bertz CT molecular complexity index is 933. The Labute approximate surface area is 157 Å². The van der Waals surface area contributed by atoms with Gasteiger partial charge >= 0.3 is 5.97 Å². The first kappa shape index (κ1) is 17.4. The van der Waals surface area contributed by atoms with Crippen molar-refractivity contribution in [3.05, 3.63) is 41.5 Å². The lowest BCUT2D eigenvalue weighted by molar-refractivity contribution is -0.141. The molecule has 6 heteroatoms. The summed E-state index contributed by atoms with van der Waals surface area (Å²) < 4.78 is 21.9. The van der Waals surface area contributed by atoms with Gasteiger partial charge in [0.15, 0.2) is 17.3 Å². The maximum atomic E-state index is 13.2. The van der Waals surface area contributed by atoms with Crippen LogP contribution in [-0.2, 0) is 16.0 Å².